The van der Waals surface area contributed by atoms with Gasteiger partial charge in [-0.05, 0) is 31.0 Å². The molecule has 19 heavy (non-hydrogen) atoms. The van der Waals surface area contributed by atoms with Crippen molar-refractivity contribution < 1.29 is 8.42 Å². The van der Waals surface area contributed by atoms with Crippen LogP contribution in [0.5, 0.6) is 0 Å². The molecule has 0 amide bonds. The van der Waals surface area contributed by atoms with Crippen LogP contribution < -0.4 is 5.73 Å². The third-order valence-electron chi connectivity index (χ3n) is 3.90. The summed E-state index contributed by atoms with van der Waals surface area (Å²) in [6.45, 7) is 1.43. The van der Waals surface area contributed by atoms with Gasteiger partial charge in [0.25, 0.3) is 0 Å². The Bertz CT molecular complexity index is 528. The van der Waals surface area contributed by atoms with Crippen LogP contribution in [-0.4, -0.2) is 44.5 Å². The van der Waals surface area contributed by atoms with Crippen molar-refractivity contribution >= 4 is 9.84 Å². The fourth-order valence-corrected chi connectivity index (χ4v) is 4.41. The molecule has 0 saturated carbocycles. The van der Waals surface area contributed by atoms with Gasteiger partial charge in [0.1, 0.15) is 0 Å². The van der Waals surface area contributed by atoms with Crippen molar-refractivity contribution in [2.24, 2.45) is 5.73 Å². The van der Waals surface area contributed by atoms with E-state index in [-0.39, 0.29) is 6.04 Å². The summed E-state index contributed by atoms with van der Waals surface area (Å²) in [7, 11) is -0.787. The van der Waals surface area contributed by atoms with E-state index >= 15 is 0 Å². The normalized spacial score (nSPS) is 21.9. The highest BCUT2D eigenvalue weighted by Gasteiger charge is 2.30. The molecule has 1 aliphatic heterocycles. The van der Waals surface area contributed by atoms with Crippen LogP contribution in [0.15, 0.2) is 24.3 Å². The van der Waals surface area contributed by atoms with Gasteiger partial charge in [0.2, 0.25) is 0 Å². The third-order valence-corrected chi connectivity index (χ3v) is 5.65. The molecule has 1 aromatic carbocycles. The number of likely N-dealkylation sites (N-methyl/N-ethyl adjacent to an activating group) is 1. The first-order chi connectivity index (χ1) is 9.02. The molecule has 1 fully saturated rings. The Kier molecular flexibility index (Phi) is 4.60. The summed E-state index contributed by atoms with van der Waals surface area (Å²) < 4.78 is 23.0. The Morgan fingerprint density at radius 3 is 2.58 bits per heavy atom. The maximum Gasteiger partial charge on any atom is 0.151 e. The molecule has 0 spiro atoms. The SMILES string of the molecule is CN(CCc1ccccc1CN)C1CCS(=O)(=O)C1. The number of nitrogens with two attached hydrogens (primary N) is 1. The molecule has 2 N–H and O–H groups in total. The van der Waals surface area contributed by atoms with Crippen LogP contribution in [0.25, 0.3) is 0 Å². The van der Waals surface area contributed by atoms with E-state index in [9.17, 15) is 8.42 Å². The van der Waals surface area contributed by atoms with Gasteiger partial charge in [0, 0.05) is 19.1 Å². The Balaban J connectivity index is 1.92. The minimum Gasteiger partial charge on any atom is -0.326 e. The summed E-state index contributed by atoms with van der Waals surface area (Å²) in [4.78, 5) is 2.16. The molecule has 0 bridgehead atoms. The first-order valence-electron chi connectivity index (χ1n) is 6.69. The van der Waals surface area contributed by atoms with Gasteiger partial charge in [-0.1, -0.05) is 24.3 Å². The maximum absolute atomic E-state index is 11.5. The number of sulfone groups is 1. The summed E-state index contributed by atoms with van der Waals surface area (Å²) in [6.07, 6.45) is 1.68. The van der Waals surface area contributed by atoms with Gasteiger partial charge in [-0.2, -0.15) is 0 Å². The zero-order valence-electron chi connectivity index (χ0n) is 11.4. The van der Waals surface area contributed by atoms with Crippen molar-refractivity contribution in [2.45, 2.75) is 25.4 Å². The topological polar surface area (TPSA) is 63.4 Å². The predicted molar refractivity (Wildman–Crippen MR) is 77.7 cm³/mol. The lowest BCUT2D eigenvalue weighted by Crippen LogP contribution is -2.34. The fraction of sp³-hybridized carbons (Fsp3) is 0.571. The molecule has 0 aromatic heterocycles. The lowest BCUT2D eigenvalue weighted by atomic mass is 10.0. The summed E-state index contributed by atoms with van der Waals surface area (Å²) in [5.74, 6) is 0.642. The second kappa shape index (κ2) is 6.03. The predicted octanol–water partition coefficient (Wildman–Crippen LogP) is 0.807. The van der Waals surface area contributed by atoms with Crippen molar-refractivity contribution in [3.8, 4) is 0 Å². The lowest BCUT2D eigenvalue weighted by molar-refractivity contribution is 0.265. The van der Waals surface area contributed by atoms with Crippen LogP contribution in [0.3, 0.4) is 0 Å². The van der Waals surface area contributed by atoms with E-state index in [4.69, 9.17) is 5.73 Å². The Morgan fingerprint density at radius 2 is 2.00 bits per heavy atom. The second-order valence-corrected chi connectivity index (χ2v) is 7.49. The molecule has 1 saturated heterocycles. The number of nitrogens with zero attached hydrogens (tertiary/aromatic N) is 1. The average Bonchev–Trinajstić information content (AvgIpc) is 2.76. The third kappa shape index (κ3) is 3.78. The molecular weight excluding hydrogens is 260 g/mol. The van der Waals surface area contributed by atoms with Gasteiger partial charge in [0.05, 0.1) is 11.5 Å². The molecule has 1 unspecified atom stereocenters. The molecule has 1 atom stereocenters. The molecular formula is C14H22N2O2S. The summed E-state index contributed by atoms with van der Waals surface area (Å²) in [5, 5.41) is 0. The molecule has 1 aliphatic rings. The van der Waals surface area contributed by atoms with Crippen LogP contribution in [-0.2, 0) is 22.8 Å². The van der Waals surface area contributed by atoms with E-state index in [1.807, 2.05) is 19.2 Å². The van der Waals surface area contributed by atoms with Crippen molar-refractivity contribution in [3.63, 3.8) is 0 Å². The zero-order valence-corrected chi connectivity index (χ0v) is 12.2. The van der Waals surface area contributed by atoms with Gasteiger partial charge >= 0.3 is 0 Å². The Hall–Kier alpha value is -0.910. The standard InChI is InChI=1S/C14H22N2O2S/c1-16(14-7-9-19(17,18)11-14)8-6-12-4-2-3-5-13(12)10-15/h2-5,14H,6-11,15H2,1H3. The highest BCUT2D eigenvalue weighted by molar-refractivity contribution is 7.91. The zero-order chi connectivity index (χ0) is 13.9. The largest absolute Gasteiger partial charge is 0.326 e. The molecule has 1 aromatic rings. The minimum atomic E-state index is -2.80. The molecule has 0 radical (unpaired) electrons. The summed E-state index contributed by atoms with van der Waals surface area (Å²) in [5.41, 5.74) is 8.16. The number of hydrogen-bond acceptors (Lipinski definition) is 4. The van der Waals surface area contributed by atoms with Crippen LogP contribution in [0.4, 0.5) is 0 Å². The number of hydrogen-bond donors (Lipinski definition) is 1. The van der Waals surface area contributed by atoms with Gasteiger partial charge in [-0.25, -0.2) is 8.42 Å². The smallest absolute Gasteiger partial charge is 0.151 e. The highest BCUT2D eigenvalue weighted by Crippen LogP contribution is 2.17. The fourth-order valence-electron chi connectivity index (χ4n) is 2.60. The first kappa shape index (κ1) is 14.5. The first-order valence-corrected chi connectivity index (χ1v) is 8.51. The summed E-state index contributed by atoms with van der Waals surface area (Å²) >= 11 is 0. The van der Waals surface area contributed by atoms with Crippen molar-refractivity contribution in [3.05, 3.63) is 35.4 Å². The van der Waals surface area contributed by atoms with E-state index < -0.39 is 9.84 Å². The number of benzene rings is 1. The molecule has 0 aliphatic carbocycles. The van der Waals surface area contributed by atoms with E-state index in [2.05, 4.69) is 17.0 Å². The van der Waals surface area contributed by atoms with E-state index in [1.165, 1.54) is 11.1 Å². The second-order valence-electron chi connectivity index (χ2n) is 5.26. The van der Waals surface area contributed by atoms with Gasteiger partial charge in [-0.3, -0.25) is 0 Å². The average molecular weight is 282 g/mol. The van der Waals surface area contributed by atoms with Crippen molar-refractivity contribution in [1.82, 2.24) is 4.90 Å². The minimum absolute atomic E-state index is 0.176. The van der Waals surface area contributed by atoms with Crippen LogP contribution in [0.2, 0.25) is 0 Å². The van der Waals surface area contributed by atoms with Crippen molar-refractivity contribution in [1.29, 1.82) is 0 Å². The van der Waals surface area contributed by atoms with Gasteiger partial charge in [-0.15, -0.1) is 0 Å². The van der Waals surface area contributed by atoms with Crippen LogP contribution in [0.1, 0.15) is 17.5 Å². The Labute approximate surface area is 115 Å². The van der Waals surface area contributed by atoms with E-state index in [0.29, 0.717) is 18.1 Å². The maximum atomic E-state index is 11.5. The summed E-state index contributed by atoms with van der Waals surface area (Å²) in [6, 6.07) is 8.35. The molecule has 4 nitrogen and oxygen atoms in total. The van der Waals surface area contributed by atoms with Crippen LogP contribution >= 0.6 is 0 Å². The van der Waals surface area contributed by atoms with Crippen molar-refractivity contribution in [2.75, 3.05) is 25.1 Å². The lowest BCUT2D eigenvalue weighted by Gasteiger charge is -2.23. The van der Waals surface area contributed by atoms with E-state index in [1.54, 1.807) is 0 Å². The van der Waals surface area contributed by atoms with Gasteiger partial charge in [0.15, 0.2) is 9.84 Å². The van der Waals surface area contributed by atoms with E-state index in [0.717, 1.165) is 19.4 Å². The highest BCUT2D eigenvalue weighted by atomic mass is 32.2. The van der Waals surface area contributed by atoms with Crippen LogP contribution in [0, 0.1) is 0 Å². The molecule has 1 heterocycles. The van der Waals surface area contributed by atoms with Gasteiger partial charge < -0.3 is 10.6 Å². The number of rotatable bonds is 5. The monoisotopic (exact) mass is 282 g/mol. The molecule has 2 rings (SSSR count). The quantitative estimate of drug-likeness (QED) is 0.868. The molecule has 106 valence electrons. The molecule has 5 heteroatoms. The Morgan fingerprint density at radius 1 is 1.32 bits per heavy atom.